The maximum Gasteiger partial charge on any atom is 0.356 e. The van der Waals surface area contributed by atoms with Gasteiger partial charge in [-0.2, -0.15) is 0 Å². The Bertz CT molecular complexity index is 546. The molecule has 1 aliphatic rings. The highest BCUT2D eigenvalue weighted by Gasteiger charge is 2.45. The predicted octanol–water partition coefficient (Wildman–Crippen LogP) is 0.918. The van der Waals surface area contributed by atoms with Crippen LogP contribution in [0.5, 0.6) is 0 Å². The molecule has 20 heavy (non-hydrogen) atoms. The lowest BCUT2D eigenvalue weighted by Crippen LogP contribution is -2.50. The van der Waals surface area contributed by atoms with Crippen LogP contribution in [0.3, 0.4) is 0 Å². The molecule has 1 aromatic carbocycles. The zero-order chi connectivity index (χ0) is 15.0. The molecule has 110 valence electrons. The third kappa shape index (κ3) is 2.65. The lowest BCUT2D eigenvalue weighted by atomic mass is 9.78. The molecule has 0 amide bonds. The van der Waals surface area contributed by atoms with E-state index in [0.29, 0.717) is 5.56 Å². The zero-order valence-electron chi connectivity index (χ0n) is 10.9. The zero-order valence-corrected chi connectivity index (χ0v) is 11.8. The van der Waals surface area contributed by atoms with Crippen LogP contribution in [0.2, 0.25) is 0 Å². The Morgan fingerprint density at radius 2 is 1.70 bits per heavy atom. The van der Waals surface area contributed by atoms with Crippen LogP contribution in [0.4, 0.5) is 0 Å². The number of aliphatic carboxylic acids is 1. The summed E-state index contributed by atoms with van der Waals surface area (Å²) in [6.45, 7) is 0. The molecule has 6 nitrogen and oxygen atoms in total. The van der Waals surface area contributed by atoms with E-state index in [0.717, 1.165) is 25.7 Å². The monoisotopic (exact) mass is 299 g/mol. The van der Waals surface area contributed by atoms with Gasteiger partial charge in [0.1, 0.15) is 5.54 Å². The maximum absolute atomic E-state index is 11.6. The quantitative estimate of drug-likeness (QED) is 0.613. The SMILES string of the molecule is N[C@@](C(=O)O)(c1ccc(P(=O)(O)O)cc1)C1CCCC1. The first kappa shape index (κ1) is 15.2. The predicted molar refractivity (Wildman–Crippen MR) is 73.6 cm³/mol. The minimum atomic E-state index is -4.33. The van der Waals surface area contributed by atoms with Crippen molar-refractivity contribution in [2.75, 3.05) is 0 Å². The third-order valence-corrected chi connectivity index (χ3v) is 5.01. The molecule has 0 unspecified atom stereocenters. The number of rotatable bonds is 4. The van der Waals surface area contributed by atoms with Gasteiger partial charge in [-0.15, -0.1) is 0 Å². The van der Waals surface area contributed by atoms with Gasteiger partial charge in [0.25, 0.3) is 0 Å². The van der Waals surface area contributed by atoms with E-state index in [1.807, 2.05) is 0 Å². The van der Waals surface area contributed by atoms with Crippen LogP contribution in [0, 0.1) is 5.92 Å². The first-order valence-corrected chi connectivity index (χ1v) is 8.06. The van der Waals surface area contributed by atoms with Crippen molar-refractivity contribution >= 4 is 18.9 Å². The molecule has 0 bridgehead atoms. The minimum absolute atomic E-state index is 0.139. The van der Waals surface area contributed by atoms with E-state index in [1.54, 1.807) is 0 Å². The van der Waals surface area contributed by atoms with Crippen molar-refractivity contribution < 1.29 is 24.3 Å². The molecule has 0 aromatic heterocycles. The van der Waals surface area contributed by atoms with Gasteiger partial charge in [-0.3, -0.25) is 4.57 Å². The van der Waals surface area contributed by atoms with Crippen LogP contribution in [0.25, 0.3) is 0 Å². The number of carboxylic acid groups (broad SMARTS) is 1. The first-order valence-electron chi connectivity index (χ1n) is 6.45. The highest BCUT2D eigenvalue weighted by Crippen LogP contribution is 2.40. The van der Waals surface area contributed by atoms with Gasteiger partial charge in [0, 0.05) is 0 Å². The molecule has 5 N–H and O–H groups in total. The Hall–Kier alpha value is -1.20. The number of hydrogen-bond donors (Lipinski definition) is 4. The summed E-state index contributed by atoms with van der Waals surface area (Å²) < 4.78 is 11.1. The number of hydrogen-bond acceptors (Lipinski definition) is 3. The highest BCUT2D eigenvalue weighted by atomic mass is 31.2. The highest BCUT2D eigenvalue weighted by molar-refractivity contribution is 7.60. The molecule has 7 heteroatoms. The van der Waals surface area contributed by atoms with E-state index >= 15 is 0 Å². The van der Waals surface area contributed by atoms with Crippen molar-refractivity contribution in [1.29, 1.82) is 0 Å². The molecular weight excluding hydrogens is 281 g/mol. The van der Waals surface area contributed by atoms with E-state index in [1.165, 1.54) is 24.3 Å². The average Bonchev–Trinajstić information content (AvgIpc) is 2.91. The second kappa shape index (κ2) is 5.30. The van der Waals surface area contributed by atoms with E-state index in [4.69, 9.17) is 15.5 Å². The second-order valence-electron chi connectivity index (χ2n) is 5.25. The normalized spacial score (nSPS) is 19.8. The van der Waals surface area contributed by atoms with E-state index in [-0.39, 0.29) is 11.2 Å². The minimum Gasteiger partial charge on any atom is -0.480 e. The Labute approximate surface area is 116 Å². The van der Waals surface area contributed by atoms with Gasteiger partial charge in [0.2, 0.25) is 0 Å². The number of benzene rings is 1. The van der Waals surface area contributed by atoms with E-state index < -0.39 is 19.1 Å². The Kier molecular flexibility index (Phi) is 4.02. The summed E-state index contributed by atoms with van der Waals surface area (Å²) >= 11 is 0. The summed E-state index contributed by atoms with van der Waals surface area (Å²) in [6, 6.07) is 5.30. The maximum atomic E-state index is 11.6. The Balaban J connectivity index is 2.40. The molecule has 0 saturated heterocycles. The molecular formula is C13H18NO5P. The molecule has 1 saturated carbocycles. The molecule has 1 fully saturated rings. The second-order valence-corrected chi connectivity index (χ2v) is 6.85. The van der Waals surface area contributed by atoms with Crippen molar-refractivity contribution in [2.45, 2.75) is 31.2 Å². The summed E-state index contributed by atoms with van der Waals surface area (Å²) in [6.07, 6.45) is 3.42. The fourth-order valence-electron chi connectivity index (χ4n) is 2.85. The Morgan fingerprint density at radius 3 is 2.10 bits per heavy atom. The fraction of sp³-hybridized carbons (Fsp3) is 0.462. The first-order chi connectivity index (χ1) is 9.26. The van der Waals surface area contributed by atoms with Crippen LogP contribution in [-0.4, -0.2) is 20.9 Å². The third-order valence-electron chi connectivity index (χ3n) is 4.03. The summed E-state index contributed by atoms with van der Waals surface area (Å²) in [5.74, 6) is -1.26. The van der Waals surface area contributed by atoms with Gasteiger partial charge in [-0.25, -0.2) is 4.79 Å². The standard InChI is InChI=1S/C13H18NO5P/c14-13(12(15)16,9-3-1-2-4-9)10-5-7-11(8-6-10)20(17,18)19/h5-9H,1-4,14H2,(H,15,16)(H2,17,18,19)/t13-/m1/s1. The van der Waals surface area contributed by atoms with Gasteiger partial charge in [0.05, 0.1) is 5.30 Å². The largest absolute Gasteiger partial charge is 0.480 e. The molecule has 1 atom stereocenters. The van der Waals surface area contributed by atoms with Gasteiger partial charge in [-0.1, -0.05) is 25.0 Å². The topological polar surface area (TPSA) is 121 Å². The van der Waals surface area contributed by atoms with Crippen LogP contribution in [0.1, 0.15) is 31.2 Å². The lowest BCUT2D eigenvalue weighted by Gasteiger charge is -2.31. The molecule has 2 rings (SSSR count). The van der Waals surface area contributed by atoms with Crippen LogP contribution in [0.15, 0.2) is 24.3 Å². The van der Waals surface area contributed by atoms with Crippen LogP contribution < -0.4 is 11.0 Å². The molecule has 0 radical (unpaired) electrons. The Morgan fingerprint density at radius 1 is 1.20 bits per heavy atom. The van der Waals surface area contributed by atoms with Crippen molar-refractivity contribution in [3.63, 3.8) is 0 Å². The number of carboxylic acids is 1. The van der Waals surface area contributed by atoms with Gasteiger partial charge < -0.3 is 20.6 Å². The number of nitrogens with two attached hydrogens (primary N) is 1. The number of carbonyl (C=O) groups is 1. The lowest BCUT2D eigenvalue weighted by molar-refractivity contribution is -0.146. The van der Waals surface area contributed by atoms with Crippen molar-refractivity contribution in [2.24, 2.45) is 11.7 Å². The molecule has 1 aromatic rings. The van der Waals surface area contributed by atoms with Crippen LogP contribution >= 0.6 is 7.60 Å². The fourth-order valence-corrected chi connectivity index (χ4v) is 3.38. The summed E-state index contributed by atoms with van der Waals surface area (Å²) in [4.78, 5) is 29.7. The molecule has 0 spiro atoms. The smallest absolute Gasteiger partial charge is 0.356 e. The summed E-state index contributed by atoms with van der Waals surface area (Å²) in [7, 11) is -4.33. The average molecular weight is 299 g/mol. The van der Waals surface area contributed by atoms with Gasteiger partial charge in [-0.05, 0) is 36.5 Å². The summed E-state index contributed by atoms with van der Waals surface area (Å²) in [5, 5.41) is 9.36. The van der Waals surface area contributed by atoms with Gasteiger partial charge in [0.15, 0.2) is 0 Å². The van der Waals surface area contributed by atoms with E-state index in [2.05, 4.69) is 0 Å². The van der Waals surface area contributed by atoms with Crippen molar-refractivity contribution in [1.82, 2.24) is 0 Å². The van der Waals surface area contributed by atoms with Gasteiger partial charge >= 0.3 is 13.6 Å². The summed E-state index contributed by atoms with van der Waals surface area (Å²) in [5.41, 5.74) is 5.02. The van der Waals surface area contributed by atoms with Crippen LogP contribution in [-0.2, 0) is 14.9 Å². The molecule has 0 aliphatic heterocycles. The van der Waals surface area contributed by atoms with Crippen molar-refractivity contribution in [3.8, 4) is 0 Å². The molecule has 1 aliphatic carbocycles. The van der Waals surface area contributed by atoms with Crippen molar-refractivity contribution in [3.05, 3.63) is 29.8 Å². The molecule has 0 heterocycles. The van der Waals surface area contributed by atoms with E-state index in [9.17, 15) is 14.5 Å².